The number of ether oxygens (including phenoxy) is 2. The van der Waals surface area contributed by atoms with Crippen LogP contribution in [-0.2, 0) is 19.1 Å². The molecule has 0 radical (unpaired) electrons. The number of carbonyl (C=O) groups is 2. The third-order valence-corrected chi connectivity index (χ3v) is 11.0. The van der Waals surface area contributed by atoms with Crippen LogP contribution in [0.15, 0.2) is 34.9 Å². The molecule has 0 aromatic carbocycles. The van der Waals surface area contributed by atoms with Crippen molar-refractivity contribution in [3.05, 3.63) is 34.9 Å². The summed E-state index contributed by atoms with van der Waals surface area (Å²) in [6, 6.07) is 0. The second-order valence-electron chi connectivity index (χ2n) is 12.1. The number of hydrogen-bond donors (Lipinski definition) is 1. The van der Waals surface area contributed by atoms with E-state index in [1.807, 2.05) is 6.92 Å². The first-order valence-electron chi connectivity index (χ1n) is 12.7. The van der Waals surface area contributed by atoms with Crippen molar-refractivity contribution >= 4 is 11.8 Å². The molecule has 1 spiro atoms. The molecule has 2 heterocycles. The Hall–Kier alpha value is -1.72. The Balaban J connectivity index is 1.29. The van der Waals surface area contributed by atoms with Crippen molar-refractivity contribution in [3.8, 4) is 0 Å². The number of allylic oxidation sites excluding steroid dienone is 3. The molecule has 10 atom stereocenters. The minimum atomic E-state index is -0.725. The van der Waals surface area contributed by atoms with Gasteiger partial charge in [0.1, 0.15) is 17.8 Å². The van der Waals surface area contributed by atoms with Gasteiger partial charge in [-0.25, -0.2) is 4.79 Å². The molecule has 0 aromatic rings. The van der Waals surface area contributed by atoms with Crippen molar-refractivity contribution in [2.45, 2.75) is 90.6 Å². The van der Waals surface area contributed by atoms with E-state index in [9.17, 15) is 14.7 Å². The number of rotatable bonds is 2. The van der Waals surface area contributed by atoms with Crippen molar-refractivity contribution in [1.82, 2.24) is 0 Å². The SMILES string of the molecule is CC1=C(C)C(=O)O[C@@H]([C@@H](C)[C@H]2CC=C3[C@@H]4C[C@H]5O[C@]56[C@@H](O)C=CC(=O)[C@]6(C)[C@H]4CC[C@@]32C)C1. The molecule has 178 valence electrons. The molecule has 3 fully saturated rings. The number of cyclic esters (lactones) is 1. The van der Waals surface area contributed by atoms with Crippen molar-refractivity contribution in [2.75, 3.05) is 0 Å². The van der Waals surface area contributed by atoms with Crippen LogP contribution in [0, 0.1) is 34.5 Å². The highest BCUT2D eigenvalue weighted by Gasteiger charge is 2.79. The highest BCUT2D eigenvalue weighted by atomic mass is 16.6. The van der Waals surface area contributed by atoms with Gasteiger partial charge in [0.25, 0.3) is 0 Å². The molecule has 6 rings (SSSR count). The Labute approximate surface area is 196 Å². The Morgan fingerprint density at radius 2 is 1.97 bits per heavy atom. The zero-order valence-corrected chi connectivity index (χ0v) is 20.4. The summed E-state index contributed by atoms with van der Waals surface area (Å²) in [6.45, 7) is 10.6. The van der Waals surface area contributed by atoms with E-state index in [2.05, 4.69) is 33.8 Å². The molecule has 6 aliphatic rings. The maximum absolute atomic E-state index is 13.3. The van der Waals surface area contributed by atoms with Gasteiger partial charge < -0.3 is 14.6 Å². The van der Waals surface area contributed by atoms with Crippen LogP contribution in [0.2, 0.25) is 0 Å². The molecular formula is C28H36O5. The van der Waals surface area contributed by atoms with E-state index in [1.165, 1.54) is 5.57 Å². The van der Waals surface area contributed by atoms with Gasteiger partial charge in [0, 0.05) is 12.0 Å². The number of aliphatic hydroxyl groups excluding tert-OH is 1. The highest BCUT2D eigenvalue weighted by Crippen LogP contribution is 2.72. The summed E-state index contributed by atoms with van der Waals surface area (Å²) in [7, 11) is 0. The third kappa shape index (κ3) is 2.51. The van der Waals surface area contributed by atoms with Gasteiger partial charge in [0.15, 0.2) is 5.78 Å². The highest BCUT2D eigenvalue weighted by molar-refractivity contribution is 5.98. The van der Waals surface area contributed by atoms with Crippen LogP contribution in [0.5, 0.6) is 0 Å². The number of hydrogen-bond acceptors (Lipinski definition) is 5. The first-order chi connectivity index (χ1) is 15.6. The topological polar surface area (TPSA) is 76.1 Å². The monoisotopic (exact) mass is 452 g/mol. The van der Waals surface area contributed by atoms with E-state index in [0.29, 0.717) is 11.8 Å². The second kappa shape index (κ2) is 6.69. The first kappa shape index (κ1) is 21.8. The fourth-order valence-electron chi connectivity index (χ4n) is 8.80. The summed E-state index contributed by atoms with van der Waals surface area (Å²) < 4.78 is 12.1. The average Bonchev–Trinajstić information content (AvgIpc) is 3.41. The van der Waals surface area contributed by atoms with Gasteiger partial charge in [-0.2, -0.15) is 0 Å². The molecule has 2 aliphatic heterocycles. The number of aliphatic hydroxyl groups is 1. The molecular weight excluding hydrogens is 416 g/mol. The minimum absolute atomic E-state index is 0.0501. The van der Waals surface area contributed by atoms with Crippen LogP contribution < -0.4 is 0 Å². The number of epoxide rings is 1. The van der Waals surface area contributed by atoms with Gasteiger partial charge in [-0.3, -0.25) is 4.79 Å². The van der Waals surface area contributed by atoms with Crippen LogP contribution in [-0.4, -0.2) is 40.8 Å². The van der Waals surface area contributed by atoms with E-state index in [1.54, 1.807) is 12.2 Å². The Kier molecular flexibility index (Phi) is 4.42. The molecule has 5 nitrogen and oxygen atoms in total. The zero-order chi connectivity index (χ0) is 23.5. The van der Waals surface area contributed by atoms with Crippen LogP contribution in [0.3, 0.4) is 0 Å². The van der Waals surface area contributed by atoms with Gasteiger partial charge in [-0.15, -0.1) is 0 Å². The number of carbonyl (C=O) groups excluding carboxylic acids is 2. The molecule has 5 heteroatoms. The predicted molar refractivity (Wildman–Crippen MR) is 123 cm³/mol. The Bertz CT molecular complexity index is 1040. The van der Waals surface area contributed by atoms with Crippen LogP contribution in [0.25, 0.3) is 0 Å². The number of fused-ring (bicyclic) bond motifs is 4. The van der Waals surface area contributed by atoms with E-state index in [0.717, 1.165) is 43.3 Å². The standard InChI is InChI=1S/C28H36O5/c1-14-12-21(32-25(31)15(14)2)16(3)18-6-7-19-17-13-24-28(33-24)23(30)9-8-22(29)27(28,5)20(17)10-11-26(18,19)4/h7-9,16-18,20-21,23-24,30H,6,10-13H2,1-5H3/t16-,17-,18+,20-,21+,23-,24+,26+,27-,28+/m0/s1. The van der Waals surface area contributed by atoms with Gasteiger partial charge in [-0.05, 0) is 87.7 Å². The second-order valence-corrected chi connectivity index (χ2v) is 12.1. The fourth-order valence-corrected chi connectivity index (χ4v) is 8.80. The third-order valence-electron chi connectivity index (χ3n) is 11.0. The minimum Gasteiger partial charge on any atom is -0.458 e. The largest absolute Gasteiger partial charge is 0.458 e. The molecule has 0 unspecified atom stereocenters. The Morgan fingerprint density at radius 3 is 2.70 bits per heavy atom. The number of ketones is 1. The summed E-state index contributed by atoms with van der Waals surface area (Å²) >= 11 is 0. The van der Waals surface area contributed by atoms with Crippen molar-refractivity contribution in [3.63, 3.8) is 0 Å². The smallest absolute Gasteiger partial charge is 0.333 e. The van der Waals surface area contributed by atoms with E-state index in [4.69, 9.17) is 9.47 Å². The molecule has 4 aliphatic carbocycles. The predicted octanol–water partition coefficient (Wildman–Crippen LogP) is 4.30. The maximum Gasteiger partial charge on any atom is 0.333 e. The molecule has 0 amide bonds. The summed E-state index contributed by atoms with van der Waals surface area (Å²) in [5.41, 5.74) is 2.05. The molecule has 0 aromatic heterocycles. The molecule has 1 N–H and O–H groups in total. The Morgan fingerprint density at radius 1 is 1.21 bits per heavy atom. The van der Waals surface area contributed by atoms with Crippen LogP contribution in [0.4, 0.5) is 0 Å². The van der Waals surface area contributed by atoms with Crippen molar-refractivity contribution in [1.29, 1.82) is 0 Å². The van der Waals surface area contributed by atoms with Gasteiger partial charge in [0.05, 0.1) is 11.5 Å². The maximum atomic E-state index is 13.3. The van der Waals surface area contributed by atoms with E-state index in [-0.39, 0.29) is 41.2 Å². The lowest BCUT2D eigenvalue weighted by atomic mass is 9.45. The van der Waals surface area contributed by atoms with Crippen LogP contribution >= 0.6 is 0 Å². The van der Waals surface area contributed by atoms with Gasteiger partial charge >= 0.3 is 5.97 Å². The zero-order valence-electron chi connectivity index (χ0n) is 20.4. The first-order valence-corrected chi connectivity index (χ1v) is 12.7. The van der Waals surface area contributed by atoms with Gasteiger partial charge in [-0.1, -0.05) is 31.1 Å². The van der Waals surface area contributed by atoms with E-state index >= 15 is 0 Å². The molecule has 33 heavy (non-hydrogen) atoms. The summed E-state index contributed by atoms with van der Waals surface area (Å²) in [5, 5.41) is 10.8. The summed E-state index contributed by atoms with van der Waals surface area (Å²) in [5.74, 6) is 1.14. The lowest BCUT2D eigenvalue weighted by Gasteiger charge is -2.56. The van der Waals surface area contributed by atoms with Crippen molar-refractivity contribution < 1.29 is 24.2 Å². The fraction of sp³-hybridized carbons (Fsp3) is 0.714. The van der Waals surface area contributed by atoms with Gasteiger partial charge in [0.2, 0.25) is 0 Å². The average molecular weight is 453 g/mol. The molecule has 0 bridgehead atoms. The lowest BCUT2D eigenvalue weighted by molar-refractivity contribution is -0.151. The summed E-state index contributed by atoms with van der Waals surface area (Å²) in [6.07, 6.45) is 9.52. The van der Waals surface area contributed by atoms with Crippen molar-refractivity contribution in [2.24, 2.45) is 34.5 Å². The van der Waals surface area contributed by atoms with Crippen LogP contribution in [0.1, 0.15) is 66.7 Å². The molecule has 2 saturated carbocycles. The normalized spacial score (nSPS) is 51.2. The number of esters is 1. The lowest BCUT2D eigenvalue weighted by Crippen LogP contribution is -2.62. The quantitative estimate of drug-likeness (QED) is 0.384. The summed E-state index contributed by atoms with van der Waals surface area (Å²) in [4.78, 5) is 25.7. The molecule has 1 saturated heterocycles. The van der Waals surface area contributed by atoms with E-state index < -0.39 is 17.1 Å².